The Morgan fingerprint density at radius 3 is 2.09 bits per heavy atom. The summed E-state index contributed by atoms with van der Waals surface area (Å²) in [6.45, 7) is 2.12. The van der Waals surface area contributed by atoms with Crippen LogP contribution in [0.25, 0.3) is 0 Å². The van der Waals surface area contributed by atoms with E-state index in [-0.39, 0.29) is 12.8 Å². The number of aliphatic hydroxyl groups excluding tert-OH is 1. The topological polar surface area (TPSA) is 169 Å². The summed E-state index contributed by atoms with van der Waals surface area (Å²) in [7, 11) is -4.70. The Balaban J connectivity index is 4.26. The van der Waals surface area contributed by atoms with Crippen LogP contribution in [0.1, 0.15) is 78.1 Å². The fourth-order valence-corrected chi connectivity index (χ4v) is 3.30. The summed E-state index contributed by atoms with van der Waals surface area (Å²) in [5.74, 6) is -2.43. The zero-order valence-electron chi connectivity index (χ0n) is 19.0. The number of amides is 1. The lowest BCUT2D eigenvalue weighted by Gasteiger charge is -2.18. The first-order valence-corrected chi connectivity index (χ1v) is 12.6. The summed E-state index contributed by atoms with van der Waals surface area (Å²) >= 11 is 0. The molecule has 3 atom stereocenters. The minimum absolute atomic E-state index is 0.145. The van der Waals surface area contributed by atoms with Gasteiger partial charge < -0.3 is 25.2 Å². The number of hydrogen-bond donors (Lipinski definition) is 4. The van der Waals surface area contributed by atoms with Gasteiger partial charge in [-0.3, -0.25) is 18.6 Å². The number of ether oxygens (including phenoxy) is 1. The first kappa shape index (κ1) is 30.5. The van der Waals surface area contributed by atoms with Gasteiger partial charge in [0.15, 0.2) is 6.04 Å². The van der Waals surface area contributed by atoms with Gasteiger partial charge in [0.1, 0.15) is 12.7 Å². The summed E-state index contributed by atoms with van der Waals surface area (Å²) in [6.07, 6.45) is 6.25. The van der Waals surface area contributed by atoms with E-state index in [4.69, 9.17) is 4.74 Å². The molecule has 12 heteroatoms. The molecule has 0 aromatic carbocycles. The predicted octanol–water partition coefficient (Wildman–Crippen LogP) is 2.53. The Hall–Kier alpha value is -1.52. The van der Waals surface area contributed by atoms with E-state index in [9.17, 15) is 34.1 Å². The molecule has 0 saturated heterocycles. The van der Waals surface area contributed by atoms with E-state index in [2.05, 4.69) is 21.3 Å². The molecule has 0 fully saturated rings. The lowest BCUT2D eigenvalue weighted by Crippen LogP contribution is -2.43. The third-order valence-electron chi connectivity index (χ3n) is 4.40. The summed E-state index contributed by atoms with van der Waals surface area (Å²) in [5, 5.41) is 21.1. The van der Waals surface area contributed by atoms with Gasteiger partial charge in [-0.1, -0.05) is 52.4 Å². The predicted molar refractivity (Wildman–Crippen MR) is 116 cm³/mol. The van der Waals surface area contributed by atoms with Crippen LogP contribution in [0.4, 0.5) is 0 Å². The summed E-state index contributed by atoms with van der Waals surface area (Å²) in [6, 6.07) is -1.53. The van der Waals surface area contributed by atoms with E-state index in [0.717, 1.165) is 38.5 Å². The van der Waals surface area contributed by atoms with Gasteiger partial charge in [0.05, 0.1) is 13.2 Å². The molecule has 0 heterocycles. The van der Waals surface area contributed by atoms with Crippen molar-refractivity contribution >= 4 is 25.7 Å². The average Bonchev–Trinajstić information content (AvgIpc) is 2.74. The second-order valence-corrected chi connectivity index (χ2v) is 8.93. The maximum atomic E-state index is 11.9. The number of phosphoric ester groups is 1. The third-order valence-corrected chi connectivity index (χ3v) is 5.35. The maximum Gasteiger partial charge on any atom is 0.472 e. The second kappa shape index (κ2) is 18.0. The number of esters is 1. The fraction of sp³-hybridized carbons (Fsp3) is 0.850. The van der Waals surface area contributed by atoms with Gasteiger partial charge in [-0.05, 0) is 12.8 Å². The molecule has 0 bridgehead atoms. The van der Waals surface area contributed by atoms with Crippen molar-refractivity contribution in [3.63, 3.8) is 0 Å². The van der Waals surface area contributed by atoms with Gasteiger partial charge >= 0.3 is 19.8 Å². The molecule has 0 aliphatic heterocycles. The van der Waals surface area contributed by atoms with Gasteiger partial charge in [0.25, 0.3) is 0 Å². The summed E-state index contributed by atoms with van der Waals surface area (Å²) < 4.78 is 25.9. The maximum absolute atomic E-state index is 11.9. The Morgan fingerprint density at radius 1 is 0.875 bits per heavy atom. The van der Waals surface area contributed by atoms with Crippen LogP contribution in [0.5, 0.6) is 0 Å². The minimum Gasteiger partial charge on any atom is -0.480 e. The summed E-state index contributed by atoms with van der Waals surface area (Å²) in [4.78, 5) is 44.2. The lowest BCUT2D eigenvalue weighted by atomic mass is 10.1. The van der Waals surface area contributed by atoms with Crippen LogP contribution in [-0.2, 0) is 32.7 Å². The molecule has 0 radical (unpaired) electrons. The van der Waals surface area contributed by atoms with Crippen LogP contribution in [-0.4, -0.2) is 64.9 Å². The number of carboxylic acids is 1. The first-order chi connectivity index (χ1) is 15.1. The first-order valence-electron chi connectivity index (χ1n) is 11.1. The number of hydrogen-bond acceptors (Lipinski definition) is 8. The summed E-state index contributed by atoms with van der Waals surface area (Å²) in [5.41, 5.74) is 0. The smallest absolute Gasteiger partial charge is 0.472 e. The van der Waals surface area contributed by atoms with Crippen molar-refractivity contribution in [3.8, 4) is 0 Å². The molecule has 0 saturated carbocycles. The van der Waals surface area contributed by atoms with Crippen LogP contribution in [0, 0.1) is 0 Å². The molecule has 11 nitrogen and oxygen atoms in total. The SMILES string of the molecule is CCCCCCCCC(=O)NC(COP(=O)(O)OCC(O)COC(=O)CCCC)C(=O)O. The van der Waals surface area contributed by atoms with E-state index in [0.29, 0.717) is 12.8 Å². The third kappa shape index (κ3) is 17.1. The van der Waals surface area contributed by atoms with Crippen LogP contribution in [0.3, 0.4) is 0 Å². The van der Waals surface area contributed by atoms with Crippen LogP contribution >= 0.6 is 7.82 Å². The van der Waals surface area contributed by atoms with E-state index in [1.54, 1.807) is 0 Å². The number of carbonyl (C=O) groups is 3. The number of unbranched alkanes of at least 4 members (excludes halogenated alkanes) is 6. The van der Waals surface area contributed by atoms with Crippen molar-refractivity contribution in [2.75, 3.05) is 19.8 Å². The molecule has 0 aromatic heterocycles. The number of aliphatic carboxylic acids is 1. The standard InChI is InChI=1S/C20H38NO10P/c1-3-5-7-8-9-10-11-18(23)21-17(20(25)26)15-31-32(27,28)30-14-16(22)13-29-19(24)12-6-4-2/h16-17,22H,3-15H2,1-2H3,(H,21,23)(H,25,26)(H,27,28). The molecule has 3 unspecified atom stereocenters. The Labute approximate surface area is 189 Å². The van der Waals surface area contributed by atoms with Crippen molar-refractivity contribution in [2.24, 2.45) is 0 Å². The average molecular weight is 483 g/mol. The highest BCUT2D eigenvalue weighted by molar-refractivity contribution is 7.47. The van der Waals surface area contributed by atoms with E-state index >= 15 is 0 Å². The van der Waals surface area contributed by atoms with Crippen molar-refractivity contribution in [3.05, 3.63) is 0 Å². The number of carbonyl (C=O) groups excluding carboxylic acids is 2. The Kier molecular flexibility index (Phi) is 17.1. The number of aliphatic hydroxyl groups is 1. The van der Waals surface area contributed by atoms with Crippen molar-refractivity contribution < 1.29 is 47.8 Å². The molecule has 32 heavy (non-hydrogen) atoms. The highest BCUT2D eigenvalue weighted by Crippen LogP contribution is 2.43. The Morgan fingerprint density at radius 2 is 1.47 bits per heavy atom. The van der Waals surface area contributed by atoms with Crippen molar-refractivity contribution in [1.29, 1.82) is 0 Å². The zero-order chi connectivity index (χ0) is 24.4. The highest BCUT2D eigenvalue weighted by Gasteiger charge is 2.28. The van der Waals surface area contributed by atoms with Crippen LogP contribution < -0.4 is 5.32 Å². The molecule has 1 amide bonds. The molecule has 188 valence electrons. The number of nitrogens with one attached hydrogen (secondary N) is 1. The lowest BCUT2D eigenvalue weighted by molar-refractivity contribution is -0.147. The molecule has 0 spiro atoms. The zero-order valence-corrected chi connectivity index (χ0v) is 19.9. The molecule has 0 aliphatic rings. The van der Waals surface area contributed by atoms with E-state index in [1.807, 2.05) is 6.92 Å². The molecule has 4 N–H and O–H groups in total. The number of rotatable bonds is 20. The van der Waals surface area contributed by atoms with Gasteiger partial charge in [-0.15, -0.1) is 0 Å². The molecule has 0 aromatic rings. The van der Waals surface area contributed by atoms with Crippen molar-refractivity contribution in [1.82, 2.24) is 5.32 Å². The fourth-order valence-electron chi connectivity index (χ4n) is 2.52. The van der Waals surface area contributed by atoms with Gasteiger partial charge in [0.2, 0.25) is 5.91 Å². The van der Waals surface area contributed by atoms with E-state index < -0.39 is 57.6 Å². The van der Waals surface area contributed by atoms with Crippen molar-refractivity contribution in [2.45, 2.75) is 90.2 Å². The molecule has 0 rings (SSSR count). The van der Waals surface area contributed by atoms with Gasteiger partial charge in [-0.25, -0.2) is 9.36 Å². The molecule has 0 aliphatic carbocycles. The Bertz CT molecular complexity index is 601. The molecular weight excluding hydrogens is 445 g/mol. The van der Waals surface area contributed by atoms with Crippen LogP contribution in [0.15, 0.2) is 0 Å². The normalized spacial score (nSPS) is 14.9. The second-order valence-electron chi connectivity index (χ2n) is 7.48. The largest absolute Gasteiger partial charge is 0.480 e. The quantitative estimate of drug-likeness (QED) is 0.115. The molecular formula is C20H38NO10P. The number of phosphoric acid groups is 1. The minimum atomic E-state index is -4.70. The van der Waals surface area contributed by atoms with E-state index in [1.165, 1.54) is 0 Å². The van der Waals surface area contributed by atoms with Gasteiger partial charge in [0, 0.05) is 12.8 Å². The number of carboxylic acid groups (broad SMARTS) is 1. The monoisotopic (exact) mass is 483 g/mol. The van der Waals surface area contributed by atoms with Crippen LogP contribution in [0.2, 0.25) is 0 Å². The van der Waals surface area contributed by atoms with Gasteiger partial charge in [-0.2, -0.15) is 0 Å². The highest BCUT2D eigenvalue weighted by atomic mass is 31.2.